The van der Waals surface area contributed by atoms with Gasteiger partial charge in [-0.3, -0.25) is 0 Å². The number of aliphatic hydroxyl groups is 1. The van der Waals surface area contributed by atoms with Crippen molar-refractivity contribution in [2.75, 3.05) is 37.4 Å². The van der Waals surface area contributed by atoms with Crippen LogP contribution in [0.25, 0.3) is 10.8 Å². The summed E-state index contributed by atoms with van der Waals surface area (Å²) in [6.07, 6.45) is 0.165. The summed E-state index contributed by atoms with van der Waals surface area (Å²) in [4.78, 5) is 2.11. The van der Waals surface area contributed by atoms with Gasteiger partial charge in [0, 0.05) is 48.8 Å². The van der Waals surface area contributed by atoms with Gasteiger partial charge in [-0.15, -0.1) is 0 Å². The zero-order valence-electron chi connectivity index (χ0n) is 12.0. The van der Waals surface area contributed by atoms with Crippen LogP contribution in [0.3, 0.4) is 0 Å². The van der Waals surface area contributed by atoms with Crippen LogP contribution < -0.4 is 10.6 Å². The van der Waals surface area contributed by atoms with Crippen LogP contribution in [0.5, 0.6) is 5.75 Å². The van der Waals surface area contributed by atoms with Crippen LogP contribution in [0.1, 0.15) is 5.56 Å². The van der Waals surface area contributed by atoms with E-state index in [1.165, 1.54) is 0 Å². The number of anilines is 2. The van der Waals surface area contributed by atoms with Gasteiger partial charge in [0.25, 0.3) is 0 Å². The standard InChI is InChI=1S/C16H20N2O3/c1-21-6-5-18-9-11(19)7-10-8-13(17)15-12(16(10)18)3-2-4-14(15)20/h2-4,8,11,19-20H,5-7,9,17H2,1H3. The number of phenolic OH excluding ortho intramolecular Hbond substituents is 1. The van der Waals surface area contributed by atoms with E-state index in [2.05, 4.69) is 4.90 Å². The number of nitrogens with two attached hydrogens (primary N) is 1. The molecule has 0 aromatic heterocycles. The first-order valence-electron chi connectivity index (χ1n) is 7.06. The van der Waals surface area contributed by atoms with Crippen molar-refractivity contribution in [2.24, 2.45) is 0 Å². The van der Waals surface area contributed by atoms with Crippen molar-refractivity contribution in [1.29, 1.82) is 0 Å². The van der Waals surface area contributed by atoms with Gasteiger partial charge in [0.15, 0.2) is 0 Å². The summed E-state index contributed by atoms with van der Waals surface area (Å²) in [6.45, 7) is 1.83. The maximum Gasteiger partial charge on any atom is 0.125 e. The SMILES string of the molecule is COCCN1CC(O)Cc2cc(N)c3c(O)cccc3c21. The number of benzene rings is 2. The largest absolute Gasteiger partial charge is 0.507 e. The molecule has 4 N–H and O–H groups in total. The van der Waals surface area contributed by atoms with Gasteiger partial charge in [-0.25, -0.2) is 0 Å². The van der Waals surface area contributed by atoms with Crippen molar-refractivity contribution in [3.63, 3.8) is 0 Å². The summed E-state index contributed by atoms with van der Waals surface area (Å²) in [6, 6.07) is 7.28. The number of hydrogen-bond donors (Lipinski definition) is 3. The molecule has 21 heavy (non-hydrogen) atoms. The van der Waals surface area contributed by atoms with Gasteiger partial charge in [-0.2, -0.15) is 0 Å². The number of aromatic hydroxyl groups is 1. The highest BCUT2D eigenvalue weighted by atomic mass is 16.5. The molecule has 0 radical (unpaired) electrons. The predicted molar refractivity (Wildman–Crippen MR) is 83.8 cm³/mol. The minimum Gasteiger partial charge on any atom is -0.507 e. The highest BCUT2D eigenvalue weighted by molar-refractivity contribution is 6.06. The second-order valence-corrected chi connectivity index (χ2v) is 5.47. The Kier molecular flexibility index (Phi) is 3.61. The van der Waals surface area contributed by atoms with E-state index >= 15 is 0 Å². The molecule has 112 valence electrons. The van der Waals surface area contributed by atoms with Crippen LogP contribution in [-0.4, -0.2) is 43.1 Å². The Labute approximate surface area is 123 Å². The highest BCUT2D eigenvalue weighted by Crippen LogP contribution is 2.41. The molecule has 1 atom stereocenters. The zero-order valence-corrected chi connectivity index (χ0v) is 12.0. The van der Waals surface area contributed by atoms with Gasteiger partial charge < -0.3 is 25.6 Å². The number of nitrogens with zero attached hydrogens (tertiary/aromatic N) is 1. The molecule has 2 aromatic carbocycles. The third-order valence-electron chi connectivity index (χ3n) is 3.99. The molecular weight excluding hydrogens is 268 g/mol. The monoisotopic (exact) mass is 288 g/mol. The molecule has 0 saturated heterocycles. The molecule has 0 amide bonds. The first kappa shape index (κ1) is 14.0. The molecule has 1 heterocycles. The first-order valence-corrected chi connectivity index (χ1v) is 7.06. The van der Waals surface area contributed by atoms with Crippen LogP contribution in [0.15, 0.2) is 24.3 Å². The Morgan fingerprint density at radius 3 is 3.00 bits per heavy atom. The third kappa shape index (κ3) is 2.39. The molecule has 1 aliphatic rings. The fraction of sp³-hybridized carbons (Fsp3) is 0.375. The lowest BCUT2D eigenvalue weighted by atomic mass is 9.93. The van der Waals surface area contributed by atoms with Gasteiger partial charge in [0.1, 0.15) is 5.75 Å². The molecule has 1 unspecified atom stereocenters. The number of ether oxygens (including phenoxy) is 1. The van der Waals surface area contributed by atoms with Gasteiger partial charge in [0.2, 0.25) is 0 Å². The van der Waals surface area contributed by atoms with E-state index in [0.717, 1.165) is 16.6 Å². The van der Waals surface area contributed by atoms with Crippen molar-refractivity contribution in [1.82, 2.24) is 0 Å². The van der Waals surface area contributed by atoms with Crippen LogP contribution in [-0.2, 0) is 11.2 Å². The van der Waals surface area contributed by atoms with E-state index in [1.807, 2.05) is 18.2 Å². The normalized spacial score (nSPS) is 18.0. The molecule has 0 spiro atoms. The van der Waals surface area contributed by atoms with E-state index in [9.17, 15) is 10.2 Å². The van der Waals surface area contributed by atoms with Crippen LogP contribution in [0, 0.1) is 0 Å². The van der Waals surface area contributed by atoms with E-state index in [1.54, 1.807) is 13.2 Å². The minimum atomic E-state index is -0.413. The van der Waals surface area contributed by atoms with Crippen molar-refractivity contribution < 1.29 is 14.9 Å². The molecule has 2 aromatic rings. The Hall–Kier alpha value is -1.98. The first-order chi connectivity index (χ1) is 10.1. The molecule has 3 rings (SSSR count). The summed E-state index contributed by atoms with van der Waals surface area (Å²) in [5.74, 6) is 0.186. The molecule has 0 saturated carbocycles. The van der Waals surface area contributed by atoms with Gasteiger partial charge >= 0.3 is 0 Å². The number of nitrogen functional groups attached to an aromatic ring is 1. The van der Waals surface area contributed by atoms with Crippen molar-refractivity contribution in [3.05, 3.63) is 29.8 Å². The quantitative estimate of drug-likeness (QED) is 0.746. The second-order valence-electron chi connectivity index (χ2n) is 5.47. The summed E-state index contributed by atoms with van der Waals surface area (Å²) in [5, 5.41) is 21.8. The zero-order chi connectivity index (χ0) is 15.0. The van der Waals surface area contributed by atoms with Crippen molar-refractivity contribution in [2.45, 2.75) is 12.5 Å². The molecule has 0 aliphatic carbocycles. The number of aliphatic hydroxyl groups excluding tert-OH is 1. The van der Waals surface area contributed by atoms with Gasteiger partial charge in [-0.1, -0.05) is 12.1 Å². The van der Waals surface area contributed by atoms with Crippen LogP contribution in [0.2, 0.25) is 0 Å². The maximum absolute atomic E-state index is 10.1. The smallest absolute Gasteiger partial charge is 0.125 e. The number of β-amino-alcohol motifs (C(OH)–C–C–N with tert-alkyl or cyclic N) is 1. The molecular formula is C16H20N2O3. The maximum atomic E-state index is 10.1. The summed E-state index contributed by atoms with van der Waals surface area (Å²) in [7, 11) is 1.66. The molecule has 1 aliphatic heterocycles. The number of fused-ring (bicyclic) bond motifs is 3. The van der Waals surface area contributed by atoms with E-state index in [-0.39, 0.29) is 5.75 Å². The second kappa shape index (κ2) is 5.42. The molecule has 0 fully saturated rings. The number of phenols is 1. The summed E-state index contributed by atoms with van der Waals surface area (Å²) in [5.41, 5.74) is 8.69. The van der Waals surface area contributed by atoms with E-state index in [0.29, 0.717) is 37.2 Å². The van der Waals surface area contributed by atoms with Crippen LogP contribution in [0.4, 0.5) is 11.4 Å². The molecule has 0 bridgehead atoms. The summed E-state index contributed by atoms with van der Waals surface area (Å²) >= 11 is 0. The lowest BCUT2D eigenvalue weighted by Gasteiger charge is -2.35. The highest BCUT2D eigenvalue weighted by Gasteiger charge is 2.26. The van der Waals surface area contributed by atoms with E-state index in [4.69, 9.17) is 10.5 Å². The fourth-order valence-electron chi connectivity index (χ4n) is 3.14. The lowest BCUT2D eigenvalue weighted by Crippen LogP contribution is -2.40. The van der Waals surface area contributed by atoms with Crippen molar-refractivity contribution >= 4 is 22.1 Å². The molecule has 5 heteroatoms. The van der Waals surface area contributed by atoms with Crippen LogP contribution >= 0.6 is 0 Å². The van der Waals surface area contributed by atoms with Gasteiger partial charge in [-0.05, 0) is 17.7 Å². The number of methoxy groups -OCH3 is 1. The summed E-state index contributed by atoms with van der Waals surface area (Å²) < 4.78 is 5.16. The number of rotatable bonds is 3. The molecule has 5 nitrogen and oxygen atoms in total. The van der Waals surface area contributed by atoms with Crippen molar-refractivity contribution in [3.8, 4) is 5.75 Å². The average Bonchev–Trinajstić information content (AvgIpc) is 2.44. The van der Waals surface area contributed by atoms with E-state index < -0.39 is 6.10 Å². The fourth-order valence-corrected chi connectivity index (χ4v) is 3.14. The minimum absolute atomic E-state index is 0.186. The average molecular weight is 288 g/mol. The topological polar surface area (TPSA) is 79.0 Å². The number of hydrogen-bond acceptors (Lipinski definition) is 5. The van der Waals surface area contributed by atoms with Gasteiger partial charge in [0.05, 0.1) is 12.7 Å². The predicted octanol–water partition coefficient (Wildman–Crippen LogP) is 1.50. The Balaban J connectivity index is 2.21. The Morgan fingerprint density at radius 1 is 1.43 bits per heavy atom. The lowest BCUT2D eigenvalue weighted by molar-refractivity contribution is 0.166. The Bertz CT molecular complexity index is 672. The third-order valence-corrected chi connectivity index (χ3v) is 3.99. The Morgan fingerprint density at radius 2 is 2.24 bits per heavy atom.